The van der Waals surface area contributed by atoms with Crippen LogP contribution in [0.1, 0.15) is 0 Å². The van der Waals surface area contributed by atoms with Crippen LogP contribution in [0.15, 0.2) is 85.1 Å². The summed E-state index contributed by atoms with van der Waals surface area (Å²) in [6.07, 6.45) is 1.82. The summed E-state index contributed by atoms with van der Waals surface area (Å²) >= 11 is 0. The summed E-state index contributed by atoms with van der Waals surface area (Å²) in [7, 11) is 0. The van der Waals surface area contributed by atoms with E-state index in [4.69, 9.17) is 14.5 Å². The maximum atomic E-state index is 5.56. The van der Waals surface area contributed by atoms with E-state index in [2.05, 4.69) is 41.4 Å². The van der Waals surface area contributed by atoms with Crippen molar-refractivity contribution in [3.8, 4) is 33.9 Å². The predicted octanol–water partition coefficient (Wildman–Crippen LogP) is 5.85. The number of hydrogen-bond donors (Lipinski definition) is 0. The first-order chi connectivity index (χ1) is 14.4. The monoisotopic (exact) mass is 376 g/mol. The van der Waals surface area contributed by atoms with Crippen molar-refractivity contribution in [3.05, 3.63) is 85.1 Å². The van der Waals surface area contributed by atoms with E-state index in [1.54, 1.807) is 0 Å². The highest BCUT2D eigenvalue weighted by Crippen LogP contribution is 2.39. The van der Waals surface area contributed by atoms with Crippen molar-refractivity contribution in [2.45, 2.75) is 0 Å². The van der Waals surface area contributed by atoms with Crippen molar-refractivity contribution in [1.82, 2.24) is 9.97 Å². The maximum absolute atomic E-state index is 5.56. The minimum atomic E-state index is 0.262. The zero-order valence-corrected chi connectivity index (χ0v) is 15.5. The molecule has 0 spiro atoms. The zero-order valence-electron chi connectivity index (χ0n) is 15.5. The summed E-state index contributed by atoms with van der Waals surface area (Å²) in [6.45, 7) is 0.262. The summed E-state index contributed by atoms with van der Waals surface area (Å²) in [5, 5.41) is 2.22. The summed E-state index contributed by atoms with van der Waals surface area (Å²) in [5.74, 6) is 1.53. The van der Waals surface area contributed by atoms with Gasteiger partial charge in [-0.05, 0) is 53.6 Å². The van der Waals surface area contributed by atoms with Crippen molar-refractivity contribution >= 4 is 21.8 Å². The number of fused-ring (bicyclic) bond motifs is 4. The third-order valence-corrected chi connectivity index (χ3v) is 5.31. The lowest BCUT2D eigenvalue weighted by atomic mass is 9.95. The molecule has 4 nitrogen and oxygen atoms in total. The Morgan fingerprint density at radius 1 is 0.690 bits per heavy atom. The van der Waals surface area contributed by atoms with Crippen LogP contribution in [-0.2, 0) is 0 Å². The molecule has 0 aliphatic carbocycles. The van der Waals surface area contributed by atoms with Gasteiger partial charge in [0.05, 0.1) is 16.7 Å². The maximum Gasteiger partial charge on any atom is 0.231 e. The fraction of sp³-hybridized carbons (Fsp3) is 0.0400. The second-order valence-electron chi connectivity index (χ2n) is 7.02. The molecule has 1 aliphatic rings. The topological polar surface area (TPSA) is 44.2 Å². The van der Waals surface area contributed by atoms with Gasteiger partial charge in [0, 0.05) is 22.5 Å². The number of rotatable bonds is 2. The Labute approximate surface area is 167 Å². The van der Waals surface area contributed by atoms with Gasteiger partial charge in [-0.3, -0.25) is 4.98 Å². The van der Waals surface area contributed by atoms with E-state index >= 15 is 0 Å². The molecular formula is C25H16N2O2. The molecule has 138 valence electrons. The first-order valence-corrected chi connectivity index (χ1v) is 9.51. The average molecular weight is 376 g/mol. The van der Waals surface area contributed by atoms with Gasteiger partial charge in [-0.2, -0.15) is 0 Å². The van der Waals surface area contributed by atoms with Gasteiger partial charge >= 0.3 is 0 Å². The van der Waals surface area contributed by atoms with Crippen LogP contribution < -0.4 is 9.47 Å². The van der Waals surface area contributed by atoms with E-state index in [1.807, 2.05) is 48.7 Å². The number of aromatic nitrogens is 2. The van der Waals surface area contributed by atoms with E-state index in [1.165, 1.54) is 0 Å². The van der Waals surface area contributed by atoms with Crippen molar-refractivity contribution < 1.29 is 9.47 Å². The molecule has 3 heterocycles. The highest BCUT2D eigenvalue weighted by molar-refractivity contribution is 6.12. The van der Waals surface area contributed by atoms with Crippen LogP contribution in [0.2, 0.25) is 0 Å². The molecule has 0 radical (unpaired) electrons. The van der Waals surface area contributed by atoms with Crippen LogP contribution in [0.5, 0.6) is 11.5 Å². The Hall–Kier alpha value is -3.92. The fourth-order valence-electron chi connectivity index (χ4n) is 3.94. The molecule has 1 aliphatic heterocycles. The Balaban J connectivity index is 1.67. The summed E-state index contributed by atoms with van der Waals surface area (Å²) in [5.41, 5.74) is 6.10. The fourth-order valence-corrected chi connectivity index (χ4v) is 3.94. The molecule has 0 amide bonds. The van der Waals surface area contributed by atoms with E-state index in [-0.39, 0.29) is 6.79 Å². The molecule has 0 saturated heterocycles. The molecule has 0 N–H and O–H groups in total. The number of pyridine rings is 2. The van der Waals surface area contributed by atoms with Crippen molar-refractivity contribution in [3.63, 3.8) is 0 Å². The van der Waals surface area contributed by atoms with E-state index < -0.39 is 0 Å². The predicted molar refractivity (Wildman–Crippen MR) is 114 cm³/mol. The van der Waals surface area contributed by atoms with E-state index in [0.29, 0.717) is 0 Å². The molecule has 4 heteroatoms. The number of nitrogens with zero attached hydrogens (tertiary/aromatic N) is 2. The highest BCUT2D eigenvalue weighted by atomic mass is 16.7. The Morgan fingerprint density at radius 3 is 2.48 bits per heavy atom. The third kappa shape index (κ3) is 2.61. The minimum Gasteiger partial charge on any atom is -0.454 e. The van der Waals surface area contributed by atoms with Crippen LogP contribution in [0, 0.1) is 0 Å². The number of ether oxygens (including phenoxy) is 2. The Bertz CT molecular complexity index is 1380. The largest absolute Gasteiger partial charge is 0.454 e. The lowest BCUT2D eigenvalue weighted by Crippen LogP contribution is -1.93. The molecule has 0 bridgehead atoms. The van der Waals surface area contributed by atoms with Gasteiger partial charge in [-0.1, -0.05) is 36.4 Å². The van der Waals surface area contributed by atoms with Crippen molar-refractivity contribution in [2.24, 2.45) is 0 Å². The second-order valence-corrected chi connectivity index (χ2v) is 7.02. The van der Waals surface area contributed by atoms with Crippen LogP contribution >= 0.6 is 0 Å². The standard InChI is InChI=1S/C25H16N2O2/c1-2-5-16(6-3-1)19-14-22(17-8-11-23-24(13-17)29-15-28-23)27-21-10-9-20-18(25(19)21)7-4-12-26-20/h1-14H,15H2. The van der Waals surface area contributed by atoms with Gasteiger partial charge in [0.2, 0.25) is 6.79 Å². The Morgan fingerprint density at radius 2 is 1.55 bits per heavy atom. The molecule has 0 unspecified atom stereocenters. The summed E-state index contributed by atoms with van der Waals surface area (Å²) < 4.78 is 11.0. The molecule has 2 aromatic heterocycles. The first-order valence-electron chi connectivity index (χ1n) is 9.51. The molecule has 6 rings (SSSR count). The van der Waals surface area contributed by atoms with Gasteiger partial charge in [0.25, 0.3) is 0 Å². The third-order valence-electron chi connectivity index (χ3n) is 5.31. The average Bonchev–Trinajstić information content (AvgIpc) is 3.26. The number of benzene rings is 3. The SMILES string of the molecule is c1ccc(-c2cc(-c3ccc4c(c3)OCO4)nc3ccc4ncccc4c23)cc1. The molecule has 29 heavy (non-hydrogen) atoms. The summed E-state index contributed by atoms with van der Waals surface area (Å²) in [6, 6.07) is 26.7. The molecule has 0 atom stereocenters. The first kappa shape index (κ1) is 16.1. The van der Waals surface area contributed by atoms with Gasteiger partial charge in [0.1, 0.15) is 0 Å². The highest BCUT2D eigenvalue weighted by Gasteiger charge is 2.17. The van der Waals surface area contributed by atoms with Gasteiger partial charge in [-0.15, -0.1) is 0 Å². The summed E-state index contributed by atoms with van der Waals surface area (Å²) in [4.78, 5) is 9.51. The quantitative estimate of drug-likeness (QED) is 0.363. The van der Waals surface area contributed by atoms with Crippen LogP contribution in [-0.4, -0.2) is 16.8 Å². The smallest absolute Gasteiger partial charge is 0.231 e. The zero-order chi connectivity index (χ0) is 19.2. The molecule has 0 saturated carbocycles. The molecule has 0 fully saturated rings. The van der Waals surface area contributed by atoms with Gasteiger partial charge in [0.15, 0.2) is 11.5 Å². The number of hydrogen-bond acceptors (Lipinski definition) is 4. The molecule has 3 aromatic carbocycles. The van der Waals surface area contributed by atoms with Crippen LogP contribution in [0.4, 0.5) is 0 Å². The van der Waals surface area contributed by atoms with Gasteiger partial charge < -0.3 is 9.47 Å². The van der Waals surface area contributed by atoms with E-state index in [0.717, 1.165) is 55.7 Å². The minimum absolute atomic E-state index is 0.262. The molecular weight excluding hydrogens is 360 g/mol. The second kappa shape index (κ2) is 6.31. The molecule has 5 aromatic rings. The van der Waals surface area contributed by atoms with Gasteiger partial charge in [-0.25, -0.2) is 4.98 Å². The van der Waals surface area contributed by atoms with Crippen LogP contribution in [0.25, 0.3) is 44.2 Å². The van der Waals surface area contributed by atoms with E-state index in [9.17, 15) is 0 Å². The normalized spacial score (nSPS) is 12.6. The van der Waals surface area contributed by atoms with Crippen LogP contribution in [0.3, 0.4) is 0 Å². The Kier molecular flexibility index (Phi) is 3.50. The lowest BCUT2D eigenvalue weighted by Gasteiger charge is -2.13. The van der Waals surface area contributed by atoms with Crippen molar-refractivity contribution in [1.29, 1.82) is 0 Å². The van der Waals surface area contributed by atoms with Crippen molar-refractivity contribution in [2.75, 3.05) is 6.79 Å². The lowest BCUT2D eigenvalue weighted by molar-refractivity contribution is 0.174.